The number of halogens is 1. The average Bonchev–Trinajstić information content (AvgIpc) is 2.39. The van der Waals surface area contributed by atoms with Crippen molar-refractivity contribution in [1.29, 1.82) is 0 Å². The smallest absolute Gasteiger partial charge is 0.128 e. The van der Waals surface area contributed by atoms with E-state index >= 15 is 0 Å². The van der Waals surface area contributed by atoms with Crippen molar-refractivity contribution < 1.29 is 0 Å². The van der Waals surface area contributed by atoms with Crippen molar-refractivity contribution in [3.63, 3.8) is 0 Å². The minimum atomic E-state index is 0.728. The molecule has 0 N–H and O–H groups in total. The van der Waals surface area contributed by atoms with E-state index in [-0.39, 0.29) is 0 Å². The van der Waals surface area contributed by atoms with Crippen LogP contribution in [-0.2, 0) is 0 Å². The van der Waals surface area contributed by atoms with Crippen molar-refractivity contribution in [2.75, 3.05) is 11.4 Å². The molecule has 3 heteroatoms. The standard InChI is InChI=1S/C14H19ClN2/c15-12-7-8-14(16-10-12)17-9-3-5-11-4-1-2-6-13(11)17/h7-8,10-11,13H,1-6,9H2. The van der Waals surface area contributed by atoms with E-state index in [2.05, 4.69) is 16.0 Å². The fourth-order valence-corrected chi connectivity index (χ4v) is 3.56. The summed E-state index contributed by atoms with van der Waals surface area (Å²) in [6.45, 7) is 1.16. The second-order valence-corrected chi connectivity index (χ2v) is 5.72. The first kappa shape index (κ1) is 11.3. The summed E-state index contributed by atoms with van der Waals surface area (Å²) in [4.78, 5) is 7.00. The maximum Gasteiger partial charge on any atom is 0.128 e. The van der Waals surface area contributed by atoms with Gasteiger partial charge in [-0.05, 0) is 43.7 Å². The Balaban J connectivity index is 1.83. The van der Waals surface area contributed by atoms with Crippen molar-refractivity contribution in [3.05, 3.63) is 23.4 Å². The lowest BCUT2D eigenvalue weighted by Gasteiger charge is -2.44. The summed E-state index contributed by atoms with van der Waals surface area (Å²) >= 11 is 5.91. The van der Waals surface area contributed by atoms with Crippen molar-refractivity contribution in [1.82, 2.24) is 4.98 Å². The fourth-order valence-electron chi connectivity index (χ4n) is 3.45. The van der Waals surface area contributed by atoms with Gasteiger partial charge in [0.25, 0.3) is 0 Å². The zero-order valence-electron chi connectivity index (χ0n) is 10.1. The van der Waals surface area contributed by atoms with Gasteiger partial charge >= 0.3 is 0 Å². The van der Waals surface area contributed by atoms with E-state index in [4.69, 9.17) is 11.6 Å². The van der Waals surface area contributed by atoms with Crippen LogP contribution in [0.2, 0.25) is 5.02 Å². The summed E-state index contributed by atoms with van der Waals surface area (Å²) in [5.41, 5.74) is 0. The largest absolute Gasteiger partial charge is 0.353 e. The van der Waals surface area contributed by atoms with Crippen molar-refractivity contribution in [2.45, 2.75) is 44.6 Å². The number of anilines is 1. The third-order valence-corrected chi connectivity index (χ3v) is 4.47. The molecule has 1 saturated heterocycles. The van der Waals surface area contributed by atoms with E-state index < -0.39 is 0 Å². The first-order valence-electron chi connectivity index (χ1n) is 6.73. The van der Waals surface area contributed by atoms with E-state index in [1.807, 2.05) is 6.07 Å². The molecule has 2 atom stereocenters. The van der Waals surface area contributed by atoms with Crippen LogP contribution in [0.25, 0.3) is 0 Å². The highest BCUT2D eigenvalue weighted by Gasteiger charge is 2.33. The summed E-state index contributed by atoms with van der Waals surface area (Å²) in [6, 6.07) is 4.75. The first-order valence-corrected chi connectivity index (χ1v) is 7.10. The highest BCUT2D eigenvalue weighted by molar-refractivity contribution is 6.30. The minimum Gasteiger partial charge on any atom is -0.353 e. The Morgan fingerprint density at radius 3 is 2.76 bits per heavy atom. The van der Waals surface area contributed by atoms with Crippen LogP contribution in [0.3, 0.4) is 0 Å². The number of fused-ring (bicyclic) bond motifs is 1. The van der Waals surface area contributed by atoms with Gasteiger partial charge in [-0.2, -0.15) is 0 Å². The Morgan fingerprint density at radius 1 is 1.12 bits per heavy atom. The van der Waals surface area contributed by atoms with Gasteiger partial charge in [-0.15, -0.1) is 0 Å². The zero-order chi connectivity index (χ0) is 11.7. The highest BCUT2D eigenvalue weighted by atomic mass is 35.5. The van der Waals surface area contributed by atoms with Crippen LogP contribution >= 0.6 is 11.6 Å². The van der Waals surface area contributed by atoms with Crippen LogP contribution in [0, 0.1) is 5.92 Å². The maximum atomic E-state index is 5.91. The number of hydrogen-bond donors (Lipinski definition) is 0. The lowest BCUT2D eigenvalue weighted by molar-refractivity contribution is 0.243. The molecule has 92 valence electrons. The Hall–Kier alpha value is -0.760. The topological polar surface area (TPSA) is 16.1 Å². The number of aromatic nitrogens is 1. The predicted molar refractivity (Wildman–Crippen MR) is 71.6 cm³/mol. The summed E-state index contributed by atoms with van der Waals surface area (Å²) in [5, 5.41) is 0.728. The van der Waals surface area contributed by atoms with Crippen LogP contribution in [-0.4, -0.2) is 17.6 Å². The molecule has 3 rings (SSSR count). The number of nitrogens with zero attached hydrogens (tertiary/aromatic N) is 2. The van der Waals surface area contributed by atoms with E-state index in [1.165, 1.54) is 38.5 Å². The molecule has 1 aromatic rings. The van der Waals surface area contributed by atoms with E-state index in [9.17, 15) is 0 Å². The van der Waals surface area contributed by atoms with Gasteiger partial charge in [0, 0.05) is 18.8 Å². The Bertz CT molecular complexity index is 374. The molecule has 1 aromatic heterocycles. The molecule has 0 spiro atoms. The van der Waals surface area contributed by atoms with Crippen LogP contribution in [0.5, 0.6) is 0 Å². The maximum absolute atomic E-state index is 5.91. The fraction of sp³-hybridized carbons (Fsp3) is 0.643. The second-order valence-electron chi connectivity index (χ2n) is 5.28. The number of hydrogen-bond acceptors (Lipinski definition) is 2. The SMILES string of the molecule is Clc1ccc(N2CCCC3CCCCC32)nc1. The quantitative estimate of drug-likeness (QED) is 0.752. The summed E-state index contributed by atoms with van der Waals surface area (Å²) in [7, 11) is 0. The van der Waals surface area contributed by atoms with Crippen molar-refractivity contribution in [2.24, 2.45) is 5.92 Å². The normalized spacial score (nSPS) is 28.9. The van der Waals surface area contributed by atoms with Crippen molar-refractivity contribution >= 4 is 17.4 Å². The van der Waals surface area contributed by atoms with Crippen LogP contribution < -0.4 is 4.90 Å². The first-order chi connectivity index (χ1) is 8.34. The van der Waals surface area contributed by atoms with Gasteiger partial charge < -0.3 is 4.90 Å². The molecule has 0 radical (unpaired) electrons. The minimum absolute atomic E-state index is 0.728. The molecule has 2 nitrogen and oxygen atoms in total. The molecular formula is C14H19ClN2. The number of pyridine rings is 1. The molecule has 0 aromatic carbocycles. The average molecular weight is 251 g/mol. The van der Waals surface area contributed by atoms with E-state index in [1.54, 1.807) is 6.20 Å². The van der Waals surface area contributed by atoms with E-state index in [0.29, 0.717) is 0 Å². The van der Waals surface area contributed by atoms with E-state index in [0.717, 1.165) is 29.3 Å². The number of piperidine rings is 1. The van der Waals surface area contributed by atoms with Gasteiger partial charge in [0.2, 0.25) is 0 Å². The Morgan fingerprint density at radius 2 is 1.94 bits per heavy atom. The molecule has 0 amide bonds. The third-order valence-electron chi connectivity index (χ3n) is 4.25. The van der Waals surface area contributed by atoms with Crippen molar-refractivity contribution in [3.8, 4) is 0 Å². The van der Waals surface area contributed by atoms with Crippen LogP contribution in [0.1, 0.15) is 38.5 Å². The van der Waals surface area contributed by atoms with Gasteiger partial charge in [-0.1, -0.05) is 24.4 Å². The lowest BCUT2D eigenvalue weighted by atomic mass is 9.78. The monoisotopic (exact) mass is 250 g/mol. The van der Waals surface area contributed by atoms with Gasteiger partial charge in [0.1, 0.15) is 5.82 Å². The van der Waals surface area contributed by atoms with Gasteiger partial charge in [0.15, 0.2) is 0 Å². The molecule has 2 aliphatic rings. The predicted octanol–water partition coefficient (Wildman–Crippen LogP) is 3.89. The molecule has 1 aliphatic carbocycles. The molecule has 2 unspecified atom stereocenters. The molecule has 0 bridgehead atoms. The lowest BCUT2D eigenvalue weighted by Crippen LogP contribution is -2.47. The molecule has 17 heavy (non-hydrogen) atoms. The van der Waals surface area contributed by atoms with Gasteiger partial charge in [0.05, 0.1) is 5.02 Å². The van der Waals surface area contributed by atoms with Gasteiger partial charge in [-0.25, -0.2) is 4.98 Å². The molecule has 2 heterocycles. The Labute approximate surface area is 108 Å². The third kappa shape index (κ3) is 2.28. The number of rotatable bonds is 1. The van der Waals surface area contributed by atoms with Crippen LogP contribution in [0.4, 0.5) is 5.82 Å². The molecule has 2 fully saturated rings. The highest BCUT2D eigenvalue weighted by Crippen LogP contribution is 2.37. The second kappa shape index (κ2) is 4.85. The summed E-state index contributed by atoms with van der Waals surface area (Å²) in [5.74, 6) is 2.01. The molecular weight excluding hydrogens is 232 g/mol. The molecule has 1 aliphatic heterocycles. The summed E-state index contributed by atoms with van der Waals surface area (Å²) in [6.07, 6.45) is 10.0. The summed E-state index contributed by atoms with van der Waals surface area (Å²) < 4.78 is 0. The van der Waals surface area contributed by atoms with Gasteiger partial charge in [-0.3, -0.25) is 0 Å². The van der Waals surface area contributed by atoms with Crippen LogP contribution in [0.15, 0.2) is 18.3 Å². The molecule has 1 saturated carbocycles. The zero-order valence-corrected chi connectivity index (χ0v) is 10.9. The Kier molecular flexibility index (Phi) is 3.24.